The topological polar surface area (TPSA) is 93.1 Å². The minimum absolute atomic E-state index is 0.0963. The molecule has 2 unspecified atom stereocenters. The van der Waals surface area contributed by atoms with Crippen molar-refractivity contribution in [3.8, 4) is 23.0 Å². The second-order valence-corrected chi connectivity index (χ2v) is 13.9. The minimum Gasteiger partial charge on any atom is -0.508 e. The van der Waals surface area contributed by atoms with Gasteiger partial charge >= 0.3 is 0 Å². The summed E-state index contributed by atoms with van der Waals surface area (Å²) < 4.78 is 39.3. The molecule has 1 aromatic heterocycles. The Morgan fingerprint density at radius 3 is 2.52 bits per heavy atom. The van der Waals surface area contributed by atoms with Gasteiger partial charge in [-0.3, -0.25) is 9.69 Å². The molecule has 0 radical (unpaired) electrons. The number of carbonyl (C=O) groups is 1. The van der Waals surface area contributed by atoms with Crippen molar-refractivity contribution in [1.82, 2.24) is 4.90 Å². The lowest BCUT2D eigenvalue weighted by atomic mass is 10.0. The fraction of sp³-hybridized carbons (Fsp3) is 0.387. The number of hydrogen-bond acceptors (Lipinski definition) is 8. The van der Waals surface area contributed by atoms with Crippen molar-refractivity contribution in [2.24, 2.45) is 0 Å². The summed E-state index contributed by atoms with van der Waals surface area (Å²) >= 11 is 1.29. The Bertz CT molecular complexity index is 1530. The third-order valence-corrected chi connectivity index (χ3v) is 11.3. The molecule has 2 heterocycles. The van der Waals surface area contributed by atoms with Crippen molar-refractivity contribution in [2.45, 2.75) is 50.0 Å². The predicted octanol–water partition coefficient (Wildman–Crippen LogP) is 6.37. The zero-order valence-electron chi connectivity index (χ0n) is 22.8. The van der Waals surface area contributed by atoms with E-state index in [0.717, 1.165) is 35.5 Å². The van der Waals surface area contributed by atoms with Gasteiger partial charge < -0.3 is 14.6 Å². The number of nitrogens with zero attached hydrogens (tertiary/aromatic N) is 1. The van der Waals surface area contributed by atoms with E-state index < -0.39 is 26.1 Å². The molecular weight excluding hydrogens is 546 g/mol. The van der Waals surface area contributed by atoms with Gasteiger partial charge in [0, 0.05) is 22.2 Å². The molecule has 212 valence electrons. The smallest absolute Gasteiger partial charge is 0.186 e. The van der Waals surface area contributed by atoms with Gasteiger partial charge in [-0.15, -0.1) is 11.3 Å². The number of hydrogen-bond donors (Lipinski definition) is 1. The number of aromatic hydroxyl groups is 1. The third kappa shape index (κ3) is 5.96. The summed E-state index contributed by atoms with van der Waals surface area (Å²) in [6, 6.07) is 12.3. The maximum Gasteiger partial charge on any atom is 0.186 e. The molecule has 2 atom stereocenters. The Hall–Kier alpha value is -3.14. The highest BCUT2D eigenvalue weighted by molar-refractivity contribution is 7.93. The SMILES string of the molecule is CCC(C)S(=O)(=O)C1C=CC=C(c2sc3cc(O)ccc3c2Oc2ccc(OCCN3CCCCC3)cc2)C1=O. The maximum atomic E-state index is 13.6. The summed E-state index contributed by atoms with van der Waals surface area (Å²) in [5.74, 6) is 1.38. The number of ketones is 1. The van der Waals surface area contributed by atoms with Crippen molar-refractivity contribution in [1.29, 1.82) is 0 Å². The molecule has 1 aliphatic heterocycles. The number of ether oxygens (including phenoxy) is 2. The lowest BCUT2D eigenvalue weighted by Crippen LogP contribution is -2.36. The Labute approximate surface area is 239 Å². The first-order chi connectivity index (χ1) is 19.3. The van der Waals surface area contributed by atoms with E-state index in [-0.39, 0.29) is 11.3 Å². The molecule has 0 bridgehead atoms. The van der Waals surface area contributed by atoms with Crippen LogP contribution in [0.1, 0.15) is 44.4 Å². The number of phenols is 1. The van der Waals surface area contributed by atoms with Crippen LogP contribution >= 0.6 is 11.3 Å². The Morgan fingerprint density at radius 1 is 1.07 bits per heavy atom. The van der Waals surface area contributed by atoms with Crippen LogP contribution in [0.15, 0.2) is 60.7 Å². The highest BCUT2D eigenvalue weighted by Gasteiger charge is 2.38. The summed E-state index contributed by atoms with van der Waals surface area (Å²) in [5.41, 5.74) is 0.285. The normalized spacial score (nSPS) is 19.0. The van der Waals surface area contributed by atoms with E-state index in [1.165, 1.54) is 36.7 Å². The van der Waals surface area contributed by atoms with E-state index in [1.54, 1.807) is 44.2 Å². The van der Waals surface area contributed by atoms with Crippen molar-refractivity contribution >= 4 is 42.6 Å². The Kier molecular flexibility index (Phi) is 8.63. The molecule has 3 aromatic rings. The van der Waals surface area contributed by atoms with Gasteiger partial charge in [-0.25, -0.2) is 8.42 Å². The van der Waals surface area contributed by atoms with Crippen molar-refractivity contribution in [2.75, 3.05) is 26.2 Å². The molecule has 1 saturated heterocycles. The second-order valence-electron chi connectivity index (χ2n) is 10.3. The monoisotopic (exact) mass is 581 g/mol. The largest absolute Gasteiger partial charge is 0.508 e. The van der Waals surface area contributed by atoms with Crippen LogP contribution in [-0.4, -0.2) is 60.9 Å². The fourth-order valence-electron chi connectivity index (χ4n) is 5.04. The standard InChI is InChI=1S/C31H35NO6S2/c1-3-21(2)40(35,36)28-9-7-8-26(29(28)34)31-30(25-15-10-22(33)20-27(25)39-31)38-24-13-11-23(12-14-24)37-19-18-32-16-5-4-6-17-32/h7-15,20-21,28,33H,3-6,16-19H2,1-2H3. The first kappa shape index (κ1) is 28.4. The highest BCUT2D eigenvalue weighted by Crippen LogP contribution is 2.46. The van der Waals surface area contributed by atoms with Crippen LogP contribution in [0.2, 0.25) is 0 Å². The number of rotatable bonds is 10. The maximum absolute atomic E-state index is 13.6. The van der Waals surface area contributed by atoms with Gasteiger partial charge in [0.2, 0.25) is 0 Å². The number of thiophene rings is 1. The summed E-state index contributed by atoms with van der Waals surface area (Å²) in [6.45, 7) is 7.21. The van der Waals surface area contributed by atoms with Crippen LogP contribution in [0.25, 0.3) is 15.7 Å². The van der Waals surface area contributed by atoms with Gasteiger partial charge in [-0.1, -0.05) is 31.6 Å². The molecular formula is C31H35NO6S2. The van der Waals surface area contributed by atoms with E-state index in [2.05, 4.69) is 4.90 Å². The van der Waals surface area contributed by atoms with Gasteiger partial charge in [0.25, 0.3) is 0 Å². The quantitative estimate of drug-likeness (QED) is 0.297. The van der Waals surface area contributed by atoms with Crippen molar-refractivity contribution in [3.63, 3.8) is 0 Å². The molecule has 2 aliphatic rings. The Morgan fingerprint density at radius 2 is 1.80 bits per heavy atom. The van der Waals surface area contributed by atoms with Crippen molar-refractivity contribution < 1.29 is 27.8 Å². The number of phenolic OH excluding ortho intramolecular Hbond substituents is 1. The van der Waals surface area contributed by atoms with E-state index in [4.69, 9.17) is 9.47 Å². The first-order valence-corrected chi connectivity index (χ1v) is 16.2. The molecule has 7 nitrogen and oxygen atoms in total. The van der Waals surface area contributed by atoms with Gasteiger partial charge in [0.15, 0.2) is 21.4 Å². The molecule has 0 spiro atoms. The summed E-state index contributed by atoms with van der Waals surface area (Å²) in [5, 5.41) is 8.93. The first-order valence-electron chi connectivity index (χ1n) is 13.8. The molecule has 5 rings (SSSR count). The van der Waals surface area contributed by atoms with Gasteiger partial charge in [0.1, 0.15) is 29.1 Å². The number of sulfone groups is 1. The highest BCUT2D eigenvalue weighted by atomic mass is 32.2. The summed E-state index contributed by atoms with van der Waals surface area (Å²) in [7, 11) is -3.70. The molecule has 1 aliphatic carbocycles. The van der Waals surface area contributed by atoms with Gasteiger partial charge in [-0.05, 0) is 81.7 Å². The average molecular weight is 582 g/mol. The molecule has 0 amide bonds. The van der Waals surface area contributed by atoms with E-state index in [9.17, 15) is 18.3 Å². The zero-order valence-corrected chi connectivity index (χ0v) is 24.5. The molecule has 1 N–H and O–H groups in total. The van der Waals surface area contributed by atoms with E-state index in [1.807, 2.05) is 24.3 Å². The molecule has 2 aromatic carbocycles. The van der Waals surface area contributed by atoms with Crippen LogP contribution in [0.4, 0.5) is 0 Å². The predicted molar refractivity (Wildman–Crippen MR) is 160 cm³/mol. The molecule has 0 saturated carbocycles. The van der Waals surface area contributed by atoms with Crippen LogP contribution in [0, 0.1) is 0 Å². The molecule has 1 fully saturated rings. The summed E-state index contributed by atoms with van der Waals surface area (Å²) in [6.07, 6.45) is 8.95. The second kappa shape index (κ2) is 12.2. The van der Waals surface area contributed by atoms with Crippen LogP contribution < -0.4 is 9.47 Å². The number of allylic oxidation sites excluding steroid dienone is 3. The number of Topliss-reactive ketones (excluding diaryl/α,β-unsaturated/α-hetero) is 1. The number of fused-ring (bicyclic) bond motifs is 1. The van der Waals surface area contributed by atoms with E-state index in [0.29, 0.717) is 29.4 Å². The summed E-state index contributed by atoms with van der Waals surface area (Å²) in [4.78, 5) is 16.5. The third-order valence-electron chi connectivity index (χ3n) is 7.60. The number of likely N-dealkylation sites (tertiary alicyclic amines) is 1. The van der Waals surface area contributed by atoms with Crippen molar-refractivity contribution in [3.05, 3.63) is 65.6 Å². The number of benzene rings is 2. The number of piperidine rings is 1. The van der Waals surface area contributed by atoms with Gasteiger partial charge in [-0.2, -0.15) is 0 Å². The van der Waals surface area contributed by atoms with Crippen LogP contribution in [0.3, 0.4) is 0 Å². The fourth-order valence-corrected chi connectivity index (χ4v) is 7.94. The average Bonchev–Trinajstić information content (AvgIpc) is 3.30. The lowest BCUT2D eigenvalue weighted by molar-refractivity contribution is -0.112. The molecule has 40 heavy (non-hydrogen) atoms. The van der Waals surface area contributed by atoms with Crippen LogP contribution in [-0.2, 0) is 14.6 Å². The Balaban J connectivity index is 1.39. The van der Waals surface area contributed by atoms with E-state index >= 15 is 0 Å². The molecule has 9 heteroatoms. The van der Waals surface area contributed by atoms with Gasteiger partial charge in [0.05, 0.1) is 10.1 Å². The number of carbonyl (C=O) groups excluding carboxylic acids is 1. The zero-order chi connectivity index (χ0) is 28.3. The van der Waals surface area contributed by atoms with Crippen LogP contribution in [0.5, 0.6) is 23.0 Å². The minimum atomic E-state index is -3.70. The lowest BCUT2D eigenvalue weighted by Gasteiger charge is -2.26.